The number of para-hydroxylation sites is 1. The Kier molecular flexibility index (Phi) is 8.86. The average Bonchev–Trinajstić information content (AvgIpc) is 3.24. The van der Waals surface area contributed by atoms with Gasteiger partial charge in [0.2, 0.25) is 0 Å². The molecule has 3 N–H and O–H groups in total. The number of carbonyl (C=O) groups excluding carboxylic acids is 2. The molecule has 0 bridgehead atoms. The zero-order chi connectivity index (χ0) is 23.6. The minimum absolute atomic E-state index is 0.327. The third-order valence-electron chi connectivity index (χ3n) is 5.65. The van der Waals surface area contributed by atoms with E-state index in [2.05, 4.69) is 34.5 Å². The van der Waals surface area contributed by atoms with Crippen LogP contribution in [0.4, 0.5) is 10.5 Å². The number of ether oxygens (including phenoxy) is 1. The van der Waals surface area contributed by atoms with Crippen molar-refractivity contribution in [3.63, 3.8) is 0 Å². The Balaban J connectivity index is 1.61. The van der Waals surface area contributed by atoms with Crippen LogP contribution in [-0.4, -0.2) is 67.3 Å². The first kappa shape index (κ1) is 24.3. The maximum atomic E-state index is 11.8. The van der Waals surface area contributed by atoms with Gasteiger partial charge in [-0.3, -0.25) is 14.9 Å². The van der Waals surface area contributed by atoms with E-state index in [0.29, 0.717) is 19.1 Å². The Bertz CT molecular complexity index is 959. The molecule has 0 aromatic heterocycles. The largest absolute Gasteiger partial charge is 0.448 e. The van der Waals surface area contributed by atoms with Gasteiger partial charge >= 0.3 is 6.09 Å². The van der Waals surface area contributed by atoms with Gasteiger partial charge in [0.25, 0.3) is 5.91 Å². The summed E-state index contributed by atoms with van der Waals surface area (Å²) in [5.74, 6) is -0.112. The molecule has 2 amide bonds. The van der Waals surface area contributed by atoms with Gasteiger partial charge in [0.15, 0.2) is 0 Å². The summed E-state index contributed by atoms with van der Waals surface area (Å²) < 4.78 is 5.35. The molecule has 33 heavy (non-hydrogen) atoms. The fraction of sp³-hybridized carbons (Fsp3) is 0.360. The summed E-state index contributed by atoms with van der Waals surface area (Å²) in [5.41, 5.74) is 6.14. The van der Waals surface area contributed by atoms with Crippen molar-refractivity contribution in [2.75, 3.05) is 45.7 Å². The minimum atomic E-state index is -0.569. The van der Waals surface area contributed by atoms with E-state index in [0.717, 1.165) is 37.2 Å². The molecule has 1 heterocycles. The quantitative estimate of drug-likeness (QED) is 0.291. The van der Waals surface area contributed by atoms with Crippen LogP contribution in [0.1, 0.15) is 29.0 Å². The summed E-state index contributed by atoms with van der Waals surface area (Å²) in [6.07, 6.45) is 3.57. The first-order valence-corrected chi connectivity index (χ1v) is 11.1. The second kappa shape index (κ2) is 12.0. The van der Waals surface area contributed by atoms with E-state index in [1.165, 1.54) is 22.2 Å². The number of hydrogen-bond acceptors (Lipinski definition) is 6. The lowest BCUT2D eigenvalue weighted by Crippen LogP contribution is -2.32. The van der Waals surface area contributed by atoms with Gasteiger partial charge in [0.1, 0.15) is 6.61 Å². The van der Waals surface area contributed by atoms with E-state index in [1.54, 1.807) is 25.7 Å². The Labute approximate surface area is 194 Å². The molecule has 0 radical (unpaired) electrons. The number of anilines is 1. The SMILES string of the molecule is CN(C)C(=O)OCCN(CCC1CNc2ccccc21)Cc1ccc(/C=C/C(=O)NO)cc1. The van der Waals surface area contributed by atoms with Crippen molar-refractivity contribution in [2.45, 2.75) is 18.9 Å². The molecule has 2 aromatic carbocycles. The van der Waals surface area contributed by atoms with Crippen LogP contribution in [0.5, 0.6) is 0 Å². The van der Waals surface area contributed by atoms with Gasteiger partial charge in [-0.2, -0.15) is 0 Å². The predicted molar refractivity (Wildman–Crippen MR) is 128 cm³/mol. The van der Waals surface area contributed by atoms with Crippen LogP contribution < -0.4 is 10.8 Å². The van der Waals surface area contributed by atoms with Gasteiger partial charge in [0.05, 0.1) is 0 Å². The summed E-state index contributed by atoms with van der Waals surface area (Å²) >= 11 is 0. The van der Waals surface area contributed by atoms with Crippen molar-refractivity contribution >= 4 is 23.8 Å². The highest BCUT2D eigenvalue weighted by atomic mass is 16.6. The van der Waals surface area contributed by atoms with E-state index >= 15 is 0 Å². The molecule has 1 aliphatic heterocycles. The number of fused-ring (bicyclic) bond motifs is 1. The summed E-state index contributed by atoms with van der Waals surface area (Å²) in [4.78, 5) is 26.7. The number of nitrogens with one attached hydrogen (secondary N) is 2. The molecule has 0 saturated carbocycles. The van der Waals surface area contributed by atoms with Crippen molar-refractivity contribution < 1.29 is 19.5 Å². The molecule has 8 nitrogen and oxygen atoms in total. The highest BCUT2D eigenvalue weighted by Crippen LogP contribution is 2.33. The Hall–Kier alpha value is -3.36. The molecule has 8 heteroatoms. The predicted octanol–water partition coefficient (Wildman–Crippen LogP) is 3.30. The normalized spacial score (nSPS) is 14.7. The summed E-state index contributed by atoms with van der Waals surface area (Å²) in [7, 11) is 3.34. The molecule has 0 saturated heterocycles. The molecule has 0 spiro atoms. The van der Waals surface area contributed by atoms with Crippen molar-refractivity contribution in [2.24, 2.45) is 0 Å². The standard InChI is InChI=1S/C25H32N4O4/c1-28(2)25(31)33-16-15-29(14-13-21-17-26-23-6-4-3-5-22(21)23)18-20-9-7-19(8-10-20)11-12-24(30)27-32/h3-12,21,26,32H,13-18H2,1-2H3,(H,27,30)/b12-11+. The van der Waals surface area contributed by atoms with E-state index < -0.39 is 5.91 Å². The smallest absolute Gasteiger partial charge is 0.409 e. The summed E-state index contributed by atoms with van der Waals surface area (Å²) in [6, 6.07) is 16.3. The van der Waals surface area contributed by atoms with Crippen molar-refractivity contribution in [1.29, 1.82) is 0 Å². The molecule has 0 aliphatic carbocycles. The van der Waals surface area contributed by atoms with Gasteiger partial charge in [-0.1, -0.05) is 42.5 Å². The lowest BCUT2D eigenvalue weighted by atomic mass is 9.97. The van der Waals surface area contributed by atoms with Gasteiger partial charge in [-0.05, 0) is 41.8 Å². The number of nitrogens with zero attached hydrogens (tertiary/aromatic N) is 2. The van der Waals surface area contributed by atoms with Crippen molar-refractivity contribution in [1.82, 2.24) is 15.3 Å². The fourth-order valence-electron chi connectivity index (χ4n) is 3.82. The zero-order valence-corrected chi connectivity index (χ0v) is 19.2. The van der Waals surface area contributed by atoms with Crippen LogP contribution in [0.3, 0.4) is 0 Å². The number of rotatable bonds is 10. The highest BCUT2D eigenvalue weighted by Gasteiger charge is 2.22. The average molecular weight is 453 g/mol. The van der Waals surface area contributed by atoms with E-state index in [-0.39, 0.29) is 6.09 Å². The van der Waals surface area contributed by atoms with Crippen LogP contribution in [-0.2, 0) is 16.1 Å². The summed E-state index contributed by atoms with van der Waals surface area (Å²) in [6.45, 7) is 3.50. The number of amides is 2. The van der Waals surface area contributed by atoms with Crippen LogP contribution >= 0.6 is 0 Å². The molecule has 1 unspecified atom stereocenters. The second-order valence-electron chi connectivity index (χ2n) is 8.29. The van der Waals surface area contributed by atoms with Crippen molar-refractivity contribution in [3.8, 4) is 0 Å². The van der Waals surface area contributed by atoms with E-state index in [1.807, 2.05) is 24.3 Å². The van der Waals surface area contributed by atoms with Gasteiger partial charge in [-0.25, -0.2) is 10.3 Å². The monoisotopic (exact) mass is 452 g/mol. The number of hydroxylamine groups is 1. The first-order chi connectivity index (χ1) is 16.0. The minimum Gasteiger partial charge on any atom is -0.448 e. The Morgan fingerprint density at radius 2 is 1.91 bits per heavy atom. The summed E-state index contributed by atoms with van der Waals surface area (Å²) in [5, 5.41) is 12.1. The Morgan fingerprint density at radius 3 is 2.64 bits per heavy atom. The van der Waals surface area contributed by atoms with Crippen molar-refractivity contribution in [3.05, 3.63) is 71.3 Å². The zero-order valence-electron chi connectivity index (χ0n) is 19.2. The molecule has 1 atom stereocenters. The topological polar surface area (TPSA) is 94.1 Å². The molecule has 2 aromatic rings. The van der Waals surface area contributed by atoms with Crippen LogP contribution in [0.25, 0.3) is 6.08 Å². The van der Waals surface area contributed by atoms with Crippen LogP contribution in [0.15, 0.2) is 54.6 Å². The van der Waals surface area contributed by atoms with Crippen LogP contribution in [0, 0.1) is 0 Å². The molecular formula is C25H32N4O4. The highest BCUT2D eigenvalue weighted by molar-refractivity contribution is 5.90. The van der Waals surface area contributed by atoms with E-state index in [4.69, 9.17) is 9.94 Å². The molecule has 0 fully saturated rings. The second-order valence-corrected chi connectivity index (χ2v) is 8.29. The molecular weight excluding hydrogens is 420 g/mol. The number of benzene rings is 2. The lowest BCUT2D eigenvalue weighted by Gasteiger charge is -2.24. The van der Waals surface area contributed by atoms with Gasteiger partial charge in [-0.15, -0.1) is 0 Å². The fourth-order valence-corrected chi connectivity index (χ4v) is 3.82. The maximum absolute atomic E-state index is 11.8. The first-order valence-electron chi connectivity index (χ1n) is 11.1. The van der Waals surface area contributed by atoms with Gasteiger partial charge < -0.3 is 15.0 Å². The number of hydrogen-bond donors (Lipinski definition) is 3. The third kappa shape index (κ3) is 7.34. The number of carbonyl (C=O) groups is 2. The van der Waals surface area contributed by atoms with E-state index in [9.17, 15) is 9.59 Å². The maximum Gasteiger partial charge on any atom is 0.409 e. The molecule has 3 rings (SSSR count). The van der Waals surface area contributed by atoms with Crippen LogP contribution in [0.2, 0.25) is 0 Å². The third-order valence-corrected chi connectivity index (χ3v) is 5.65. The lowest BCUT2D eigenvalue weighted by molar-refractivity contribution is -0.124. The Morgan fingerprint density at radius 1 is 1.15 bits per heavy atom. The van der Waals surface area contributed by atoms with Gasteiger partial charge in [0, 0.05) is 51.4 Å². The molecule has 176 valence electrons. The molecule has 1 aliphatic rings.